The van der Waals surface area contributed by atoms with Crippen LogP contribution in [-0.4, -0.2) is 17.4 Å². The molecule has 0 unspecified atom stereocenters. The third-order valence-corrected chi connectivity index (χ3v) is 3.39. The molecule has 7 nitrogen and oxygen atoms in total. The van der Waals surface area contributed by atoms with Gasteiger partial charge in [0, 0.05) is 17.2 Å². The fraction of sp³-hybridized carbons (Fsp3) is 0.0667. The molecular weight excluding hydrogens is 357 g/mol. The lowest BCUT2D eigenvalue weighted by molar-refractivity contribution is -0.384. The number of amides is 1. The summed E-state index contributed by atoms with van der Waals surface area (Å²) in [6.45, 7) is -0.394. The number of nitriles is 1. The summed E-state index contributed by atoms with van der Waals surface area (Å²) in [5.41, 5.74) is 0.323. The van der Waals surface area contributed by atoms with E-state index in [1.54, 1.807) is 0 Å². The van der Waals surface area contributed by atoms with E-state index >= 15 is 0 Å². The maximum atomic E-state index is 11.9. The van der Waals surface area contributed by atoms with Gasteiger partial charge in [0.15, 0.2) is 6.61 Å². The summed E-state index contributed by atoms with van der Waals surface area (Å²) in [5, 5.41) is 22.5. The number of ether oxygens (including phenoxy) is 1. The summed E-state index contributed by atoms with van der Waals surface area (Å²) in [7, 11) is 0. The Balaban J connectivity index is 2.03. The number of carbonyl (C=O) groups is 1. The monoisotopic (exact) mass is 365 g/mol. The Morgan fingerprint density at radius 1 is 1.29 bits per heavy atom. The minimum atomic E-state index is -0.592. The molecular formula is C15H9Cl2N3O4. The summed E-state index contributed by atoms with van der Waals surface area (Å²) in [5.74, 6) is -0.410. The van der Waals surface area contributed by atoms with Crippen LogP contribution in [0.5, 0.6) is 5.75 Å². The van der Waals surface area contributed by atoms with Crippen molar-refractivity contribution in [3.8, 4) is 11.8 Å². The summed E-state index contributed by atoms with van der Waals surface area (Å²) in [6, 6.07) is 10.0. The van der Waals surface area contributed by atoms with Crippen LogP contribution in [0.15, 0.2) is 36.4 Å². The van der Waals surface area contributed by atoms with Gasteiger partial charge in [0.25, 0.3) is 11.6 Å². The van der Waals surface area contributed by atoms with E-state index in [-0.39, 0.29) is 27.7 Å². The first-order chi connectivity index (χ1) is 11.4. The smallest absolute Gasteiger partial charge is 0.271 e. The van der Waals surface area contributed by atoms with Crippen LogP contribution < -0.4 is 10.1 Å². The predicted molar refractivity (Wildman–Crippen MR) is 88.4 cm³/mol. The van der Waals surface area contributed by atoms with Crippen molar-refractivity contribution in [1.82, 2.24) is 0 Å². The molecule has 122 valence electrons. The number of hydrogen-bond acceptors (Lipinski definition) is 5. The maximum absolute atomic E-state index is 11.9. The van der Waals surface area contributed by atoms with Crippen molar-refractivity contribution in [3.63, 3.8) is 0 Å². The van der Waals surface area contributed by atoms with Crippen LogP contribution >= 0.6 is 23.2 Å². The standard InChI is InChI=1S/C15H9Cl2N3O4/c16-10-2-1-9(7-18)13(5-10)19-15(21)8-24-14-4-3-11(20(22)23)6-12(14)17/h1-6H,8H2,(H,19,21). The van der Waals surface area contributed by atoms with E-state index in [1.165, 1.54) is 30.3 Å². The fourth-order valence-electron chi connectivity index (χ4n) is 1.77. The van der Waals surface area contributed by atoms with Gasteiger partial charge in [-0.2, -0.15) is 5.26 Å². The molecule has 9 heteroatoms. The van der Waals surface area contributed by atoms with Gasteiger partial charge < -0.3 is 10.1 Å². The molecule has 0 aliphatic rings. The summed E-state index contributed by atoms with van der Waals surface area (Å²) < 4.78 is 5.23. The summed E-state index contributed by atoms with van der Waals surface area (Å²) >= 11 is 11.7. The second-order valence-corrected chi connectivity index (χ2v) is 5.35. The van der Waals surface area contributed by atoms with Gasteiger partial charge in [0.1, 0.15) is 11.8 Å². The van der Waals surface area contributed by atoms with Crippen molar-refractivity contribution in [1.29, 1.82) is 5.26 Å². The SMILES string of the molecule is N#Cc1ccc(Cl)cc1NC(=O)COc1ccc([N+](=O)[O-])cc1Cl. The molecule has 0 saturated heterocycles. The number of benzene rings is 2. The first-order valence-corrected chi connectivity index (χ1v) is 7.22. The minimum Gasteiger partial charge on any atom is -0.482 e. The van der Waals surface area contributed by atoms with Gasteiger partial charge in [0.05, 0.1) is 21.2 Å². The van der Waals surface area contributed by atoms with Crippen molar-refractivity contribution in [2.24, 2.45) is 0 Å². The van der Waals surface area contributed by atoms with Crippen LogP contribution in [0.3, 0.4) is 0 Å². The van der Waals surface area contributed by atoms with E-state index in [1.807, 2.05) is 6.07 Å². The number of nitrogens with zero attached hydrogens (tertiary/aromatic N) is 2. The number of hydrogen-bond donors (Lipinski definition) is 1. The Kier molecular flexibility index (Phi) is 5.58. The molecule has 0 aromatic heterocycles. The van der Waals surface area contributed by atoms with Gasteiger partial charge in [-0.25, -0.2) is 0 Å². The topological polar surface area (TPSA) is 105 Å². The minimum absolute atomic E-state index is 0.0115. The van der Waals surface area contributed by atoms with E-state index in [0.717, 1.165) is 6.07 Å². The number of nitrogens with one attached hydrogen (secondary N) is 1. The second kappa shape index (κ2) is 7.64. The van der Waals surface area contributed by atoms with Gasteiger partial charge in [-0.1, -0.05) is 23.2 Å². The summed E-state index contributed by atoms with van der Waals surface area (Å²) in [4.78, 5) is 21.9. The molecule has 0 radical (unpaired) electrons. The van der Waals surface area contributed by atoms with Crippen LogP contribution in [0, 0.1) is 21.4 Å². The zero-order valence-electron chi connectivity index (χ0n) is 12.0. The lowest BCUT2D eigenvalue weighted by Gasteiger charge is -2.10. The molecule has 24 heavy (non-hydrogen) atoms. The molecule has 0 heterocycles. The molecule has 0 aliphatic carbocycles. The first kappa shape index (κ1) is 17.5. The Labute approximate surface area is 146 Å². The van der Waals surface area contributed by atoms with E-state index < -0.39 is 17.4 Å². The highest BCUT2D eigenvalue weighted by molar-refractivity contribution is 6.32. The molecule has 0 aliphatic heterocycles. The lowest BCUT2D eigenvalue weighted by atomic mass is 10.2. The molecule has 2 aromatic rings. The Morgan fingerprint density at radius 3 is 2.67 bits per heavy atom. The van der Waals surface area contributed by atoms with Gasteiger partial charge in [-0.3, -0.25) is 14.9 Å². The molecule has 0 spiro atoms. The molecule has 1 N–H and O–H groups in total. The van der Waals surface area contributed by atoms with Crippen LogP contribution in [-0.2, 0) is 4.79 Å². The molecule has 0 saturated carbocycles. The maximum Gasteiger partial charge on any atom is 0.271 e. The van der Waals surface area contributed by atoms with Gasteiger partial charge in [0.2, 0.25) is 0 Å². The van der Waals surface area contributed by atoms with Gasteiger partial charge >= 0.3 is 0 Å². The number of non-ortho nitro benzene ring substituents is 1. The van der Waals surface area contributed by atoms with Gasteiger partial charge in [-0.05, 0) is 24.3 Å². The van der Waals surface area contributed by atoms with Crippen LogP contribution in [0.25, 0.3) is 0 Å². The number of nitro groups is 1. The van der Waals surface area contributed by atoms with Crippen molar-refractivity contribution in [3.05, 3.63) is 62.1 Å². The molecule has 0 atom stereocenters. The third kappa shape index (κ3) is 4.35. The largest absolute Gasteiger partial charge is 0.482 e. The normalized spacial score (nSPS) is 9.88. The van der Waals surface area contributed by atoms with Crippen molar-refractivity contribution in [2.75, 3.05) is 11.9 Å². The Bertz CT molecular complexity index is 849. The van der Waals surface area contributed by atoms with Gasteiger partial charge in [-0.15, -0.1) is 0 Å². The van der Waals surface area contributed by atoms with E-state index in [4.69, 9.17) is 33.2 Å². The zero-order chi connectivity index (χ0) is 17.7. The lowest BCUT2D eigenvalue weighted by Crippen LogP contribution is -2.20. The molecule has 2 aromatic carbocycles. The van der Waals surface area contributed by atoms with E-state index in [0.29, 0.717) is 5.02 Å². The van der Waals surface area contributed by atoms with Crippen molar-refractivity contribution >= 4 is 40.5 Å². The third-order valence-electron chi connectivity index (χ3n) is 2.86. The predicted octanol–water partition coefficient (Wildman–Crippen LogP) is 3.79. The average Bonchev–Trinajstić information content (AvgIpc) is 2.53. The molecule has 0 bridgehead atoms. The Hall–Kier alpha value is -2.82. The zero-order valence-corrected chi connectivity index (χ0v) is 13.5. The molecule has 1 amide bonds. The number of anilines is 1. The number of nitro benzene ring substituents is 1. The van der Waals surface area contributed by atoms with Crippen LogP contribution in [0.1, 0.15) is 5.56 Å². The fourth-order valence-corrected chi connectivity index (χ4v) is 2.17. The van der Waals surface area contributed by atoms with E-state index in [9.17, 15) is 14.9 Å². The number of halogens is 2. The number of rotatable bonds is 5. The highest BCUT2D eigenvalue weighted by Gasteiger charge is 2.13. The van der Waals surface area contributed by atoms with Crippen LogP contribution in [0.2, 0.25) is 10.0 Å². The highest BCUT2D eigenvalue weighted by Crippen LogP contribution is 2.28. The Morgan fingerprint density at radius 2 is 2.04 bits per heavy atom. The second-order valence-electron chi connectivity index (χ2n) is 4.51. The number of carbonyl (C=O) groups excluding carboxylic acids is 1. The van der Waals surface area contributed by atoms with E-state index in [2.05, 4.69) is 5.32 Å². The quantitative estimate of drug-likeness (QED) is 0.640. The molecule has 0 fully saturated rings. The van der Waals surface area contributed by atoms with Crippen molar-refractivity contribution < 1.29 is 14.5 Å². The summed E-state index contributed by atoms with van der Waals surface area (Å²) in [6.07, 6.45) is 0. The average molecular weight is 366 g/mol. The highest BCUT2D eigenvalue weighted by atomic mass is 35.5. The first-order valence-electron chi connectivity index (χ1n) is 6.47. The van der Waals surface area contributed by atoms with Crippen molar-refractivity contribution in [2.45, 2.75) is 0 Å². The van der Waals surface area contributed by atoms with Crippen LogP contribution in [0.4, 0.5) is 11.4 Å². The molecule has 2 rings (SSSR count).